The molecule has 3 aromatic rings. The molecular weight excluding hydrogens is 266 g/mol. The van der Waals surface area contributed by atoms with Crippen LogP contribution in [0.3, 0.4) is 0 Å². The van der Waals surface area contributed by atoms with Crippen molar-refractivity contribution < 1.29 is 13.8 Å². The maximum atomic E-state index is 11.9. The van der Waals surface area contributed by atoms with Gasteiger partial charge in [-0.15, -0.1) is 0 Å². The van der Waals surface area contributed by atoms with E-state index in [9.17, 15) is 4.79 Å². The van der Waals surface area contributed by atoms with Crippen LogP contribution >= 0.6 is 0 Å². The minimum atomic E-state index is -0.0984. The molecule has 5 nitrogen and oxygen atoms in total. The number of carbonyl (C=O) groups is 1. The van der Waals surface area contributed by atoms with Crippen molar-refractivity contribution in [1.82, 2.24) is 4.98 Å². The fourth-order valence-corrected chi connectivity index (χ4v) is 1.94. The highest BCUT2D eigenvalue weighted by molar-refractivity contribution is 5.89. The normalized spacial score (nSPS) is 10.3. The van der Waals surface area contributed by atoms with Gasteiger partial charge in [-0.3, -0.25) is 4.79 Å². The van der Waals surface area contributed by atoms with Crippen LogP contribution < -0.4 is 9.88 Å². The summed E-state index contributed by atoms with van der Waals surface area (Å²) in [5.74, 6) is 0.606. The molecule has 0 spiro atoms. The first-order valence-electron chi connectivity index (χ1n) is 6.55. The number of benzene rings is 1. The molecule has 5 heteroatoms. The largest absolute Gasteiger partial charge is 0.460 e. The molecule has 1 amide bonds. The summed E-state index contributed by atoms with van der Waals surface area (Å²) in [6, 6.07) is 14.8. The lowest BCUT2D eigenvalue weighted by Crippen LogP contribution is -2.40. The fourth-order valence-electron chi connectivity index (χ4n) is 1.94. The summed E-state index contributed by atoms with van der Waals surface area (Å²) in [6.07, 6.45) is 5.02. The first-order chi connectivity index (χ1) is 10.3. The van der Waals surface area contributed by atoms with Gasteiger partial charge in [0.25, 0.3) is 12.2 Å². The molecule has 0 aliphatic heterocycles. The number of para-hydroxylation sites is 1. The average Bonchev–Trinajstić information content (AvgIpc) is 3.03. The van der Waals surface area contributed by atoms with E-state index in [0.29, 0.717) is 5.76 Å². The fraction of sp³-hybridized carbons (Fsp3) is 0.0625. The van der Waals surface area contributed by atoms with Gasteiger partial charge in [-0.2, -0.15) is 0 Å². The Bertz CT molecular complexity index is 707. The molecule has 104 valence electrons. The van der Waals surface area contributed by atoms with Crippen LogP contribution in [0.1, 0.15) is 0 Å². The predicted molar refractivity (Wildman–Crippen MR) is 77.2 cm³/mol. The van der Waals surface area contributed by atoms with Crippen LogP contribution in [0.15, 0.2) is 71.7 Å². The smallest absolute Gasteiger partial charge is 0.287 e. The third-order valence-electron chi connectivity index (χ3n) is 2.93. The Morgan fingerprint density at radius 3 is 2.67 bits per heavy atom. The highest BCUT2D eigenvalue weighted by atomic mass is 16.3. The van der Waals surface area contributed by atoms with Crippen molar-refractivity contribution in [3.63, 3.8) is 0 Å². The molecule has 0 radical (unpaired) electrons. The number of hydrogen-bond donors (Lipinski definition) is 1. The molecule has 0 saturated carbocycles. The summed E-state index contributed by atoms with van der Waals surface area (Å²) in [7, 11) is 0. The van der Waals surface area contributed by atoms with Crippen molar-refractivity contribution in [3.05, 3.63) is 67.3 Å². The minimum Gasteiger partial charge on any atom is -0.460 e. The number of aromatic nitrogens is 2. The molecule has 0 unspecified atom stereocenters. The predicted octanol–water partition coefficient (Wildman–Crippen LogP) is 2.27. The maximum absolute atomic E-state index is 11.9. The first-order valence-corrected chi connectivity index (χ1v) is 6.55. The molecule has 2 heterocycles. The molecule has 0 fully saturated rings. The Hall–Kier alpha value is -2.95. The molecule has 0 saturated heterocycles. The lowest BCUT2D eigenvalue weighted by molar-refractivity contribution is -0.686. The molecule has 21 heavy (non-hydrogen) atoms. The van der Waals surface area contributed by atoms with Gasteiger partial charge in [-0.1, -0.05) is 18.2 Å². The van der Waals surface area contributed by atoms with Crippen LogP contribution in [-0.2, 0) is 11.3 Å². The number of furan rings is 1. The van der Waals surface area contributed by atoms with Crippen molar-refractivity contribution in [3.8, 4) is 11.5 Å². The number of amides is 1. The molecule has 3 rings (SSSR count). The van der Waals surface area contributed by atoms with Crippen LogP contribution in [0.5, 0.6) is 0 Å². The zero-order valence-corrected chi connectivity index (χ0v) is 11.3. The highest BCUT2D eigenvalue weighted by Crippen LogP contribution is 2.14. The maximum Gasteiger partial charge on any atom is 0.287 e. The van der Waals surface area contributed by atoms with Gasteiger partial charge in [0.1, 0.15) is 0 Å². The number of anilines is 1. The SMILES string of the molecule is O=C(C[n+]1ccc(-c2ccco2)nc1)Nc1ccccc1. The number of rotatable bonds is 4. The monoisotopic (exact) mass is 280 g/mol. The molecule has 1 aromatic carbocycles. The van der Waals surface area contributed by atoms with Crippen LogP contribution in [0.2, 0.25) is 0 Å². The van der Waals surface area contributed by atoms with Crippen molar-refractivity contribution in [2.75, 3.05) is 5.32 Å². The summed E-state index contributed by atoms with van der Waals surface area (Å²) in [5.41, 5.74) is 1.52. The van der Waals surface area contributed by atoms with E-state index in [1.165, 1.54) is 0 Å². The van der Waals surface area contributed by atoms with Gasteiger partial charge in [0, 0.05) is 11.8 Å². The van der Waals surface area contributed by atoms with Crippen LogP contribution in [0.25, 0.3) is 11.5 Å². The molecule has 0 bridgehead atoms. The van der Waals surface area contributed by atoms with Gasteiger partial charge < -0.3 is 9.73 Å². The summed E-state index contributed by atoms with van der Waals surface area (Å²) < 4.78 is 6.98. The van der Waals surface area contributed by atoms with E-state index in [1.54, 1.807) is 23.4 Å². The molecule has 0 aliphatic rings. The van der Waals surface area contributed by atoms with Crippen molar-refractivity contribution in [2.45, 2.75) is 6.54 Å². The van der Waals surface area contributed by atoms with E-state index >= 15 is 0 Å². The van der Waals surface area contributed by atoms with Gasteiger partial charge in [-0.05, 0) is 29.2 Å². The molecule has 0 atom stereocenters. The quantitative estimate of drug-likeness (QED) is 0.746. The Morgan fingerprint density at radius 2 is 2.00 bits per heavy atom. The Kier molecular flexibility index (Phi) is 3.73. The van der Waals surface area contributed by atoms with Gasteiger partial charge in [0.05, 0.1) is 12.5 Å². The summed E-state index contributed by atoms with van der Waals surface area (Å²) >= 11 is 0. The Balaban J connectivity index is 1.64. The first kappa shape index (κ1) is 13.1. The number of carbonyl (C=O) groups excluding carboxylic acids is 1. The summed E-state index contributed by atoms with van der Waals surface area (Å²) in [5, 5.41) is 2.83. The van der Waals surface area contributed by atoms with Crippen molar-refractivity contribution >= 4 is 11.6 Å². The van der Waals surface area contributed by atoms with E-state index in [0.717, 1.165) is 11.4 Å². The summed E-state index contributed by atoms with van der Waals surface area (Å²) in [4.78, 5) is 16.2. The van der Waals surface area contributed by atoms with E-state index < -0.39 is 0 Å². The Morgan fingerprint density at radius 1 is 1.14 bits per heavy atom. The van der Waals surface area contributed by atoms with E-state index in [-0.39, 0.29) is 12.5 Å². The van der Waals surface area contributed by atoms with E-state index in [4.69, 9.17) is 4.42 Å². The van der Waals surface area contributed by atoms with Gasteiger partial charge in [0.15, 0.2) is 12.3 Å². The van der Waals surface area contributed by atoms with Gasteiger partial charge >= 0.3 is 0 Å². The molecular formula is C16H14N3O2+. The number of nitrogens with one attached hydrogen (secondary N) is 1. The number of nitrogens with zero attached hydrogens (tertiary/aromatic N) is 2. The van der Waals surface area contributed by atoms with Gasteiger partial charge in [0.2, 0.25) is 5.69 Å². The Labute approximate surface area is 121 Å². The van der Waals surface area contributed by atoms with E-state index in [2.05, 4.69) is 10.3 Å². The summed E-state index contributed by atoms with van der Waals surface area (Å²) in [6.45, 7) is 0.209. The number of hydrogen-bond acceptors (Lipinski definition) is 3. The second kappa shape index (κ2) is 6.00. The van der Waals surface area contributed by atoms with Crippen molar-refractivity contribution in [2.24, 2.45) is 0 Å². The van der Waals surface area contributed by atoms with Crippen molar-refractivity contribution in [1.29, 1.82) is 0 Å². The highest BCUT2D eigenvalue weighted by Gasteiger charge is 2.11. The zero-order chi connectivity index (χ0) is 14.5. The lowest BCUT2D eigenvalue weighted by Gasteiger charge is -2.03. The van der Waals surface area contributed by atoms with Gasteiger partial charge in [-0.25, -0.2) is 4.57 Å². The topological polar surface area (TPSA) is 59.0 Å². The average molecular weight is 280 g/mol. The third kappa shape index (κ3) is 3.33. The second-order valence-electron chi connectivity index (χ2n) is 4.51. The van der Waals surface area contributed by atoms with Crippen LogP contribution in [0.4, 0.5) is 5.69 Å². The second-order valence-corrected chi connectivity index (χ2v) is 4.51. The third-order valence-corrected chi connectivity index (χ3v) is 2.93. The molecule has 0 aliphatic carbocycles. The van der Waals surface area contributed by atoms with Crippen LogP contribution in [0, 0.1) is 0 Å². The molecule has 1 N–H and O–H groups in total. The van der Waals surface area contributed by atoms with Crippen LogP contribution in [-0.4, -0.2) is 10.9 Å². The standard InChI is InChI=1S/C16H13N3O2/c20-16(18-13-5-2-1-3-6-13)11-19-9-8-14(17-12-19)15-7-4-10-21-15/h1-10,12H,11H2/p+1. The lowest BCUT2D eigenvalue weighted by atomic mass is 10.3. The minimum absolute atomic E-state index is 0.0984. The van der Waals surface area contributed by atoms with E-state index in [1.807, 2.05) is 48.5 Å². The molecule has 2 aromatic heterocycles. The zero-order valence-electron chi connectivity index (χ0n) is 11.3.